The highest BCUT2D eigenvalue weighted by atomic mass is 16.4. The summed E-state index contributed by atoms with van der Waals surface area (Å²) in [4.78, 5) is 38.4. The number of amides is 1. The van der Waals surface area contributed by atoms with E-state index in [9.17, 15) is 14.7 Å². The van der Waals surface area contributed by atoms with E-state index in [1.54, 1.807) is 0 Å². The number of guanidine groups is 1. The molecule has 3 aromatic rings. The molecule has 0 aliphatic heterocycles. The number of fused-ring (bicyclic) bond motifs is 1. The van der Waals surface area contributed by atoms with Crippen LogP contribution in [0.1, 0.15) is 47.4 Å². The maximum absolute atomic E-state index is 13.1. The zero-order chi connectivity index (χ0) is 25.7. The fourth-order valence-electron chi connectivity index (χ4n) is 4.53. The summed E-state index contributed by atoms with van der Waals surface area (Å²) in [5.41, 5.74) is 13.7. The van der Waals surface area contributed by atoms with Crippen LogP contribution >= 0.6 is 0 Å². The van der Waals surface area contributed by atoms with Crippen LogP contribution in [0.2, 0.25) is 0 Å². The van der Waals surface area contributed by atoms with E-state index < -0.39 is 17.9 Å². The first-order valence-electron chi connectivity index (χ1n) is 12.0. The fourth-order valence-corrected chi connectivity index (χ4v) is 4.53. The van der Waals surface area contributed by atoms with Crippen LogP contribution in [-0.4, -0.2) is 51.0 Å². The average Bonchev–Trinajstić information content (AvgIpc) is 2.85. The summed E-state index contributed by atoms with van der Waals surface area (Å²) in [7, 11) is 0. The molecule has 188 valence electrons. The smallest absolute Gasteiger partial charge is 0.326 e. The number of rotatable bonds is 8. The first-order chi connectivity index (χ1) is 17.3. The van der Waals surface area contributed by atoms with E-state index >= 15 is 0 Å². The number of nitrogens with zero attached hydrogens (tertiary/aromatic N) is 3. The van der Waals surface area contributed by atoms with Gasteiger partial charge in [0.1, 0.15) is 11.9 Å². The van der Waals surface area contributed by atoms with Crippen molar-refractivity contribution < 1.29 is 14.7 Å². The van der Waals surface area contributed by atoms with E-state index in [-0.39, 0.29) is 30.3 Å². The van der Waals surface area contributed by atoms with Gasteiger partial charge in [0.05, 0.1) is 17.6 Å². The van der Waals surface area contributed by atoms with Gasteiger partial charge in [-0.15, -0.1) is 0 Å². The Bertz CT molecular complexity index is 1280. The number of aliphatic imine (C=N–C) groups is 1. The SMILES string of the molecule is Cc1ccc2nc(C(=O)N[C@@H](Cc3ccccc3)C(=O)O)nc(NC3CCCCC3N=C(N)N)c2c1. The van der Waals surface area contributed by atoms with Crippen LogP contribution in [0, 0.1) is 6.92 Å². The lowest BCUT2D eigenvalue weighted by molar-refractivity contribution is -0.139. The minimum absolute atomic E-state index is 0.0373. The Morgan fingerprint density at radius 1 is 1.11 bits per heavy atom. The van der Waals surface area contributed by atoms with E-state index in [4.69, 9.17) is 11.5 Å². The number of hydrogen-bond acceptors (Lipinski definition) is 6. The minimum Gasteiger partial charge on any atom is -0.480 e. The number of anilines is 1. The first-order valence-corrected chi connectivity index (χ1v) is 12.0. The zero-order valence-electron chi connectivity index (χ0n) is 20.1. The molecule has 2 aromatic carbocycles. The number of aliphatic carboxylic acids is 1. The Hall–Kier alpha value is -4.21. The Balaban J connectivity index is 1.64. The van der Waals surface area contributed by atoms with Crippen molar-refractivity contribution in [3.05, 3.63) is 65.5 Å². The number of aromatic nitrogens is 2. The highest BCUT2D eigenvalue weighted by Crippen LogP contribution is 2.28. The largest absolute Gasteiger partial charge is 0.480 e. The zero-order valence-corrected chi connectivity index (χ0v) is 20.1. The van der Waals surface area contributed by atoms with Crippen LogP contribution < -0.4 is 22.1 Å². The number of hydrogen-bond donors (Lipinski definition) is 5. The lowest BCUT2D eigenvalue weighted by Crippen LogP contribution is -2.43. The van der Waals surface area contributed by atoms with E-state index in [1.807, 2.05) is 55.5 Å². The molecule has 1 saturated carbocycles. The minimum atomic E-state index is -1.13. The third kappa shape index (κ3) is 6.07. The van der Waals surface area contributed by atoms with Crippen LogP contribution in [-0.2, 0) is 11.2 Å². The van der Waals surface area contributed by atoms with Crippen molar-refractivity contribution in [2.45, 2.75) is 57.2 Å². The van der Waals surface area contributed by atoms with Gasteiger partial charge in [0.2, 0.25) is 5.82 Å². The van der Waals surface area contributed by atoms with Crippen LogP contribution in [0.3, 0.4) is 0 Å². The summed E-state index contributed by atoms with van der Waals surface area (Å²) in [6, 6.07) is 13.5. The van der Waals surface area contributed by atoms with E-state index in [1.165, 1.54) is 0 Å². The molecule has 1 aromatic heterocycles. The molecule has 3 atom stereocenters. The average molecular weight is 490 g/mol. The summed E-state index contributed by atoms with van der Waals surface area (Å²) >= 11 is 0. The third-order valence-electron chi connectivity index (χ3n) is 6.31. The van der Waals surface area contributed by atoms with Crippen molar-refractivity contribution in [1.82, 2.24) is 15.3 Å². The van der Waals surface area contributed by atoms with E-state index in [2.05, 4.69) is 25.6 Å². The second-order valence-electron chi connectivity index (χ2n) is 9.13. The van der Waals surface area contributed by atoms with Crippen LogP contribution in [0.25, 0.3) is 10.9 Å². The first kappa shape index (κ1) is 24.9. The molecule has 7 N–H and O–H groups in total. The number of aryl methyl sites for hydroxylation is 1. The molecule has 0 bridgehead atoms. The molecule has 2 unspecified atom stereocenters. The summed E-state index contributed by atoms with van der Waals surface area (Å²) in [5, 5.41) is 16.5. The molecule has 10 heteroatoms. The molecular weight excluding hydrogens is 458 g/mol. The number of carboxylic acid groups (broad SMARTS) is 1. The highest BCUT2D eigenvalue weighted by molar-refractivity contribution is 5.98. The Kier molecular flexibility index (Phi) is 7.62. The topological polar surface area (TPSA) is 169 Å². The molecule has 36 heavy (non-hydrogen) atoms. The maximum Gasteiger partial charge on any atom is 0.326 e. The Morgan fingerprint density at radius 2 is 1.86 bits per heavy atom. The monoisotopic (exact) mass is 489 g/mol. The molecule has 4 rings (SSSR count). The third-order valence-corrected chi connectivity index (χ3v) is 6.31. The molecule has 0 saturated heterocycles. The van der Waals surface area contributed by atoms with Gasteiger partial charge in [-0.05, 0) is 37.5 Å². The number of nitrogens with one attached hydrogen (secondary N) is 2. The van der Waals surface area contributed by atoms with Gasteiger partial charge in [0.25, 0.3) is 5.91 Å². The van der Waals surface area contributed by atoms with Gasteiger partial charge in [0.15, 0.2) is 5.96 Å². The van der Waals surface area contributed by atoms with Gasteiger partial charge in [-0.1, -0.05) is 54.8 Å². The molecule has 1 fully saturated rings. The molecule has 0 spiro atoms. The van der Waals surface area contributed by atoms with E-state index in [0.717, 1.165) is 42.2 Å². The van der Waals surface area contributed by atoms with Crippen molar-refractivity contribution in [2.24, 2.45) is 16.5 Å². The van der Waals surface area contributed by atoms with Gasteiger partial charge < -0.3 is 27.2 Å². The molecule has 10 nitrogen and oxygen atoms in total. The molecule has 1 heterocycles. The van der Waals surface area contributed by atoms with E-state index in [0.29, 0.717) is 11.3 Å². The number of nitrogens with two attached hydrogens (primary N) is 2. The van der Waals surface area contributed by atoms with Crippen molar-refractivity contribution >= 4 is 34.6 Å². The highest BCUT2D eigenvalue weighted by Gasteiger charge is 2.27. The molecule has 1 aliphatic carbocycles. The predicted octanol–water partition coefficient (Wildman–Crippen LogP) is 2.36. The lowest BCUT2D eigenvalue weighted by Gasteiger charge is -2.30. The summed E-state index contributed by atoms with van der Waals surface area (Å²) < 4.78 is 0. The second-order valence-corrected chi connectivity index (χ2v) is 9.13. The standard InChI is InChI=1S/C26H31N7O3/c1-15-11-12-18-17(13-15)22(30-19-9-5-6-10-20(19)32-26(27)28)33-23(29-18)24(34)31-21(25(35)36)14-16-7-3-2-4-8-16/h2-4,7-8,11-13,19-21H,5-6,9-10,14H2,1H3,(H,31,34)(H,35,36)(H4,27,28,32)(H,29,30,33)/t19?,20?,21-/m0/s1. The summed E-state index contributed by atoms with van der Waals surface area (Å²) in [6.45, 7) is 1.97. The number of carboxylic acids is 1. The fraction of sp³-hybridized carbons (Fsp3) is 0.346. The quantitative estimate of drug-likeness (QED) is 0.237. The lowest BCUT2D eigenvalue weighted by atomic mass is 9.90. The van der Waals surface area contributed by atoms with Gasteiger partial charge in [-0.25, -0.2) is 19.8 Å². The summed E-state index contributed by atoms with van der Waals surface area (Å²) in [5.74, 6) is -1.37. The molecular formula is C26H31N7O3. The normalized spacial score (nSPS) is 18.2. The predicted molar refractivity (Wildman–Crippen MR) is 139 cm³/mol. The van der Waals surface area contributed by atoms with Crippen LogP contribution in [0.4, 0.5) is 5.82 Å². The maximum atomic E-state index is 13.1. The van der Waals surface area contributed by atoms with Crippen molar-refractivity contribution in [2.75, 3.05) is 5.32 Å². The van der Waals surface area contributed by atoms with Gasteiger partial charge in [-0.3, -0.25) is 4.79 Å². The molecule has 1 amide bonds. The number of benzene rings is 2. The Morgan fingerprint density at radius 3 is 2.58 bits per heavy atom. The van der Waals surface area contributed by atoms with Crippen LogP contribution in [0.5, 0.6) is 0 Å². The van der Waals surface area contributed by atoms with Crippen molar-refractivity contribution in [3.8, 4) is 0 Å². The molecule has 0 radical (unpaired) electrons. The Labute approximate surface area is 209 Å². The van der Waals surface area contributed by atoms with Crippen LogP contribution in [0.15, 0.2) is 53.5 Å². The van der Waals surface area contributed by atoms with Crippen molar-refractivity contribution in [1.29, 1.82) is 0 Å². The second kappa shape index (κ2) is 11.0. The number of carbonyl (C=O) groups is 2. The van der Waals surface area contributed by atoms with Crippen molar-refractivity contribution in [3.63, 3.8) is 0 Å². The number of carbonyl (C=O) groups excluding carboxylic acids is 1. The van der Waals surface area contributed by atoms with Gasteiger partial charge in [-0.2, -0.15) is 0 Å². The van der Waals surface area contributed by atoms with Gasteiger partial charge >= 0.3 is 5.97 Å². The molecule has 1 aliphatic rings. The summed E-state index contributed by atoms with van der Waals surface area (Å²) in [6.07, 6.45) is 3.86. The van der Waals surface area contributed by atoms with Gasteiger partial charge in [0, 0.05) is 11.8 Å².